The molecule has 24 heavy (non-hydrogen) atoms. The van der Waals surface area contributed by atoms with Crippen LogP contribution in [0.3, 0.4) is 0 Å². The van der Waals surface area contributed by atoms with Gasteiger partial charge < -0.3 is 30.2 Å². The van der Waals surface area contributed by atoms with Crippen LogP contribution in [0.1, 0.15) is 20.8 Å². The number of carbonyl (C=O) groups is 2. The molecule has 1 aromatic rings. The molecular weight excluding hydrogens is 318 g/mol. The number of aromatic nitrogens is 1. The van der Waals surface area contributed by atoms with Gasteiger partial charge in [0.15, 0.2) is 0 Å². The number of aliphatic hydroxyl groups is 4. The lowest BCUT2D eigenvalue weighted by Gasteiger charge is -2.21. The first kappa shape index (κ1) is 20.0. The molecule has 1 aromatic heterocycles. The molecule has 0 unspecified atom stereocenters. The van der Waals surface area contributed by atoms with Gasteiger partial charge in [-0.1, -0.05) is 0 Å². The molecule has 0 saturated carbocycles. The van der Waals surface area contributed by atoms with Crippen LogP contribution in [0.4, 0.5) is 0 Å². The van der Waals surface area contributed by atoms with Crippen molar-refractivity contribution in [2.75, 3.05) is 52.6 Å². The number of hydrogen-bond acceptors (Lipinski definition) is 7. The summed E-state index contributed by atoms with van der Waals surface area (Å²) in [6, 6.07) is 2.81. The van der Waals surface area contributed by atoms with E-state index in [2.05, 4.69) is 4.98 Å². The molecule has 134 valence electrons. The van der Waals surface area contributed by atoms with E-state index in [-0.39, 0.29) is 63.9 Å². The van der Waals surface area contributed by atoms with Crippen LogP contribution >= 0.6 is 0 Å². The highest BCUT2D eigenvalue weighted by Gasteiger charge is 2.19. The van der Waals surface area contributed by atoms with Gasteiger partial charge >= 0.3 is 0 Å². The zero-order chi connectivity index (χ0) is 17.9. The van der Waals surface area contributed by atoms with Gasteiger partial charge in [0.1, 0.15) is 5.69 Å². The predicted octanol–water partition coefficient (Wildman–Crippen LogP) is -2.06. The number of pyridine rings is 1. The lowest BCUT2D eigenvalue weighted by molar-refractivity contribution is 0.0671. The van der Waals surface area contributed by atoms with Gasteiger partial charge in [-0.15, -0.1) is 0 Å². The van der Waals surface area contributed by atoms with Gasteiger partial charge in [-0.25, -0.2) is 0 Å². The fourth-order valence-electron chi connectivity index (χ4n) is 2.10. The third kappa shape index (κ3) is 5.53. The average Bonchev–Trinajstić information content (AvgIpc) is 2.60. The van der Waals surface area contributed by atoms with Crippen molar-refractivity contribution in [3.63, 3.8) is 0 Å². The third-order valence-electron chi connectivity index (χ3n) is 3.28. The molecule has 2 amide bonds. The van der Waals surface area contributed by atoms with E-state index in [9.17, 15) is 9.59 Å². The number of nitrogens with zero attached hydrogens (tertiary/aromatic N) is 3. The molecule has 4 N–H and O–H groups in total. The second kappa shape index (κ2) is 10.7. The molecule has 9 heteroatoms. The van der Waals surface area contributed by atoms with Crippen LogP contribution in [0.2, 0.25) is 0 Å². The summed E-state index contributed by atoms with van der Waals surface area (Å²) in [6.45, 7) is -0.619. The molecule has 0 atom stereocenters. The molecule has 1 heterocycles. The summed E-state index contributed by atoms with van der Waals surface area (Å²) in [4.78, 5) is 31.0. The first-order valence-corrected chi connectivity index (χ1v) is 7.57. The predicted molar refractivity (Wildman–Crippen MR) is 84.4 cm³/mol. The first-order chi connectivity index (χ1) is 11.6. The smallest absolute Gasteiger partial charge is 0.272 e. The van der Waals surface area contributed by atoms with E-state index in [1.54, 1.807) is 0 Å². The second-order valence-electron chi connectivity index (χ2n) is 4.91. The molecule has 0 spiro atoms. The highest BCUT2D eigenvalue weighted by molar-refractivity contribution is 5.96. The Morgan fingerprint density at radius 2 is 1.25 bits per heavy atom. The van der Waals surface area contributed by atoms with Gasteiger partial charge in [-0.05, 0) is 12.1 Å². The number of hydrogen-bond donors (Lipinski definition) is 4. The van der Waals surface area contributed by atoms with Gasteiger partial charge in [-0.3, -0.25) is 14.6 Å². The van der Waals surface area contributed by atoms with Crippen LogP contribution in [0.5, 0.6) is 0 Å². The van der Waals surface area contributed by atoms with Crippen molar-refractivity contribution in [3.8, 4) is 0 Å². The average molecular weight is 341 g/mol. The summed E-state index contributed by atoms with van der Waals surface area (Å²) in [5.41, 5.74) is 0.314. The Labute approximate surface area is 139 Å². The topological polar surface area (TPSA) is 134 Å². The Balaban J connectivity index is 2.87. The number of amides is 2. The number of carbonyl (C=O) groups excluding carboxylic acids is 2. The van der Waals surface area contributed by atoms with Crippen LogP contribution in [-0.2, 0) is 0 Å². The van der Waals surface area contributed by atoms with E-state index in [0.29, 0.717) is 0 Å². The molecule has 0 aliphatic carbocycles. The van der Waals surface area contributed by atoms with Gasteiger partial charge in [0, 0.05) is 32.4 Å². The standard InChI is InChI=1S/C15H23N3O6/c19-7-3-17(4-8-20)14(23)12-1-2-13(16-11-12)15(24)18(5-9-21)6-10-22/h1-2,11,19-22H,3-10H2. The maximum atomic E-state index is 12.2. The Hall–Kier alpha value is -2.07. The zero-order valence-electron chi connectivity index (χ0n) is 13.3. The minimum absolute atomic E-state index is 0.0720. The molecular formula is C15H23N3O6. The van der Waals surface area contributed by atoms with Crippen molar-refractivity contribution in [2.24, 2.45) is 0 Å². The summed E-state index contributed by atoms with van der Waals surface area (Å²) in [7, 11) is 0. The SMILES string of the molecule is O=C(c1ccc(C(=O)N(CCO)CCO)nc1)N(CCO)CCO. The third-order valence-corrected chi connectivity index (χ3v) is 3.28. The van der Waals surface area contributed by atoms with Gasteiger partial charge in [0.05, 0.1) is 32.0 Å². The molecule has 0 aromatic carbocycles. The second-order valence-corrected chi connectivity index (χ2v) is 4.91. The van der Waals surface area contributed by atoms with Gasteiger partial charge in [0.25, 0.3) is 11.8 Å². The molecule has 0 aliphatic rings. The number of aliphatic hydroxyl groups excluding tert-OH is 4. The molecule has 0 radical (unpaired) electrons. The zero-order valence-corrected chi connectivity index (χ0v) is 13.3. The summed E-state index contributed by atoms with van der Waals surface area (Å²) in [5.74, 6) is -0.869. The van der Waals surface area contributed by atoms with Crippen LogP contribution in [0.25, 0.3) is 0 Å². The Kier molecular flexibility index (Phi) is 8.87. The van der Waals surface area contributed by atoms with Crippen LogP contribution in [-0.4, -0.2) is 99.6 Å². The van der Waals surface area contributed by atoms with E-state index in [0.717, 1.165) is 0 Å². The number of rotatable bonds is 10. The molecule has 0 aliphatic heterocycles. The van der Waals surface area contributed by atoms with E-state index < -0.39 is 11.8 Å². The fourth-order valence-corrected chi connectivity index (χ4v) is 2.10. The van der Waals surface area contributed by atoms with E-state index in [1.807, 2.05) is 0 Å². The quantitative estimate of drug-likeness (QED) is 0.384. The van der Waals surface area contributed by atoms with E-state index in [4.69, 9.17) is 20.4 Å². The molecule has 1 rings (SSSR count). The van der Waals surface area contributed by atoms with E-state index >= 15 is 0 Å². The molecule has 0 fully saturated rings. The summed E-state index contributed by atoms with van der Waals surface area (Å²) >= 11 is 0. The van der Waals surface area contributed by atoms with Crippen molar-refractivity contribution in [3.05, 3.63) is 29.6 Å². The van der Waals surface area contributed by atoms with Crippen molar-refractivity contribution in [1.29, 1.82) is 0 Å². The summed E-state index contributed by atoms with van der Waals surface area (Å²) < 4.78 is 0. The van der Waals surface area contributed by atoms with Crippen molar-refractivity contribution in [2.45, 2.75) is 0 Å². The normalized spacial score (nSPS) is 10.5. The lowest BCUT2D eigenvalue weighted by atomic mass is 10.2. The van der Waals surface area contributed by atoms with Crippen molar-refractivity contribution in [1.82, 2.24) is 14.8 Å². The van der Waals surface area contributed by atoms with Crippen molar-refractivity contribution >= 4 is 11.8 Å². The highest BCUT2D eigenvalue weighted by Crippen LogP contribution is 2.07. The van der Waals surface area contributed by atoms with Gasteiger partial charge in [-0.2, -0.15) is 0 Å². The van der Waals surface area contributed by atoms with Crippen LogP contribution in [0.15, 0.2) is 18.3 Å². The first-order valence-electron chi connectivity index (χ1n) is 7.57. The lowest BCUT2D eigenvalue weighted by Crippen LogP contribution is -2.37. The summed E-state index contributed by atoms with van der Waals surface area (Å²) in [6.07, 6.45) is 1.24. The van der Waals surface area contributed by atoms with E-state index in [1.165, 1.54) is 28.1 Å². The fraction of sp³-hybridized carbons (Fsp3) is 0.533. The maximum absolute atomic E-state index is 12.2. The summed E-state index contributed by atoms with van der Waals surface area (Å²) in [5, 5.41) is 35.8. The molecule has 0 saturated heterocycles. The maximum Gasteiger partial charge on any atom is 0.272 e. The van der Waals surface area contributed by atoms with Crippen LogP contribution < -0.4 is 0 Å². The Bertz CT molecular complexity index is 463. The largest absolute Gasteiger partial charge is 0.395 e. The minimum Gasteiger partial charge on any atom is -0.395 e. The molecule has 0 bridgehead atoms. The molecule has 9 nitrogen and oxygen atoms in total. The van der Waals surface area contributed by atoms with Crippen LogP contribution in [0, 0.1) is 0 Å². The highest BCUT2D eigenvalue weighted by atomic mass is 16.3. The Morgan fingerprint density at radius 3 is 1.62 bits per heavy atom. The van der Waals surface area contributed by atoms with Crippen molar-refractivity contribution < 1.29 is 30.0 Å². The monoisotopic (exact) mass is 341 g/mol. The minimum atomic E-state index is -0.459. The Morgan fingerprint density at radius 1 is 0.792 bits per heavy atom. The van der Waals surface area contributed by atoms with Gasteiger partial charge in [0.2, 0.25) is 0 Å².